The molecular formula is C12H19BrMg. The maximum atomic E-state index is 3.72. The van der Waals surface area contributed by atoms with Gasteiger partial charge in [0.05, 0.1) is 0 Å². The van der Waals surface area contributed by atoms with Crippen LogP contribution in [-0.4, -0.2) is 23.1 Å². The van der Waals surface area contributed by atoms with E-state index in [9.17, 15) is 0 Å². The molecule has 1 aromatic carbocycles. The van der Waals surface area contributed by atoms with Crippen molar-refractivity contribution in [3.8, 4) is 0 Å². The minimum absolute atomic E-state index is 0. The smallest absolute Gasteiger partial charge is 0.343 e. The first-order valence-electron chi connectivity index (χ1n) is 4.62. The topological polar surface area (TPSA) is 0 Å². The second-order valence-corrected chi connectivity index (χ2v) is 2.64. The fourth-order valence-corrected chi connectivity index (χ4v) is 0.769. The molecule has 0 nitrogen and oxygen atoms in total. The largest absolute Gasteiger partial charge is 2.00 e. The van der Waals surface area contributed by atoms with Crippen LogP contribution >= 0.6 is 17.0 Å². The van der Waals surface area contributed by atoms with Crippen LogP contribution in [0.15, 0.2) is 30.3 Å². The van der Waals surface area contributed by atoms with E-state index in [1.807, 2.05) is 30.3 Å². The van der Waals surface area contributed by atoms with Gasteiger partial charge in [0.25, 0.3) is 0 Å². The van der Waals surface area contributed by atoms with Crippen molar-refractivity contribution in [3.05, 3.63) is 43.3 Å². The minimum Gasteiger partial charge on any atom is -0.343 e. The summed E-state index contributed by atoms with van der Waals surface area (Å²) in [4.78, 5) is 0. The van der Waals surface area contributed by atoms with E-state index in [1.165, 1.54) is 19.3 Å². The zero-order chi connectivity index (χ0) is 9.07. The van der Waals surface area contributed by atoms with Crippen molar-refractivity contribution in [3.63, 3.8) is 0 Å². The van der Waals surface area contributed by atoms with Gasteiger partial charge in [0.15, 0.2) is 0 Å². The van der Waals surface area contributed by atoms with E-state index in [1.54, 1.807) is 0 Å². The van der Waals surface area contributed by atoms with Gasteiger partial charge in [0, 0.05) is 0 Å². The first kappa shape index (κ1) is 20.0. The molecule has 0 saturated carbocycles. The van der Waals surface area contributed by atoms with E-state index in [-0.39, 0.29) is 40.0 Å². The fourth-order valence-electron chi connectivity index (χ4n) is 0.769. The molecule has 0 aliphatic rings. The zero-order valence-corrected chi connectivity index (χ0v) is 12.2. The third-order valence-electron chi connectivity index (χ3n) is 1.46. The van der Waals surface area contributed by atoms with E-state index < -0.39 is 0 Å². The summed E-state index contributed by atoms with van der Waals surface area (Å²) >= 11 is 0. The molecule has 0 aliphatic heterocycles. The molecule has 0 atom stereocenters. The van der Waals surface area contributed by atoms with E-state index in [0.29, 0.717) is 0 Å². The van der Waals surface area contributed by atoms with Gasteiger partial charge in [-0.3, -0.25) is 0 Å². The molecule has 0 fully saturated rings. The molecule has 0 unspecified atom stereocenters. The summed E-state index contributed by atoms with van der Waals surface area (Å²) in [5.74, 6) is 0. The van der Waals surface area contributed by atoms with Gasteiger partial charge in [-0.1, -0.05) is 26.2 Å². The molecule has 0 heterocycles. The van der Waals surface area contributed by atoms with Crippen LogP contribution in [-0.2, 0) is 0 Å². The number of halogens is 1. The van der Waals surface area contributed by atoms with Crippen LogP contribution in [0.4, 0.5) is 0 Å². The zero-order valence-electron chi connectivity index (χ0n) is 9.04. The van der Waals surface area contributed by atoms with Crippen molar-refractivity contribution >= 4 is 40.0 Å². The summed E-state index contributed by atoms with van der Waals surface area (Å²) in [6.07, 6.45) is 5.07. The van der Waals surface area contributed by atoms with Gasteiger partial charge in [-0.05, 0) is 0 Å². The van der Waals surface area contributed by atoms with Crippen molar-refractivity contribution in [2.45, 2.75) is 32.6 Å². The summed E-state index contributed by atoms with van der Waals surface area (Å²) in [5.41, 5.74) is 0. The fraction of sp³-hybridized carbons (Fsp3) is 0.417. The quantitative estimate of drug-likeness (QED) is 0.440. The first-order valence-corrected chi connectivity index (χ1v) is 4.62. The predicted molar refractivity (Wildman–Crippen MR) is 70.9 cm³/mol. The van der Waals surface area contributed by atoms with Gasteiger partial charge in [-0.25, -0.2) is 0 Å². The molecule has 0 radical (unpaired) electrons. The normalized spacial score (nSPS) is 7.29. The Bertz CT molecular complexity index is 123. The molecule has 1 aromatic rings. The Balaban J connectivity index is -0.000000151. The van der Waals surface area contributed by atoms with E-state index >= 15 is 0 Å². The second-order valence-electron chi connectivity index (χ2n) is 2.64. The van der Waals surface area contributed by atoms with Gasteiger partial charge in [-0.15, -0.1) is 17.0 Å². The first-order chi connectivity index (χ1) is 5.91. The van der Waals surface area contributed by atoms with Crippen LogP contribution < -0.4 is 0 Å². The Morgan fingerprint density at radius 1 is 1.07 bits per heavy atom. The summed E-state index contributed by atoms with van der Waals surface area (Å²) < 4.78 is 0. The monoisotopic (exact) mass is 266 g/mol. The van der Waals surface area contributed by atoms with Crippen LogP contribution in [0.5, 0.6) is 0 Å². The summed E-state index contributed by atoms with van der Waals surface area (Å²) in [5, 5.41) is 0. The summed E-state index contributed by atoms with van der Waals surface area (Å²) in [7, 11) is 0. The average Bonchev–Trinajstić information content (AvgIpc) is 2.18. The Hall–Kier alpha value is 0.466. The molecule has 76 valence electrons. The van der Waals surface area contributed by atoms with Crippen molar-refractivity contribution in [2.24, 2.45) is 0 Å². The van der Waals surface area contributed by atoms with Gasteiger partial charge < -0.3 is 6.92 Å². The Morgan fingerprint density at radius 2 is 1.64 bits per heavy atom. The van der Waals surface area contributed by atoms with Crippen molar-refractivity contribution in [2.75, 3.05) is 0 Å². The summed E-state index contributed by atoms with van der Waals surface area (Å²) in [6, 6.07) is 12.5. The molecule has 0 aromatic heterocycles. The molecule has 2 heteroatoms. The molecule has 0 amide bonds. The number of hydrogen-bond donors (Lipinski definition) is 0. The molecule has 0 N–H and O–H groups in total. The third kappa shape index (κ3) is 18.3. The summed E-state index contributed by atoms with van der Waals surface area (Å²) in [6.45, 7) is 5.93. The molecule has 0 saturated heterocycles. The van der Waals surface area contributed by atoms with E-state index in [0.717, 1.165) is 6.42 Å². The molecule has 0 bridgehead atoms. The van der Waals surface area contributed by atoms with Crippen LogP contribution in [0.2, 0.25) is 0 Å². The van der Waals surface area contributed by atoms with Crippen molar-refractivity contribution in [1.29, 1.82) is 0 Å². The predicted octanol–water partition coefficient (Wildman–Crippen LogP) is 4.08. The van der Waals surface area contributed by atoms with Gasteiger partial charge >= 0.3 is 23.1 Å². The third-order valence-corrected chi connectivity index (χ3v) is 1.46. The minimum atomic E-state index is 0. The molecule has 14 heavy (non-hydrogen) atoms. The van der Waals surface area contributed by atoms with Gasteiger partial charge in [0.1, 0.15) is 0 Å². The van der Waals surface area contributed by atoms with Crippen LogP contribution in [0.1, 0.15) is 32.6 Å². The van der Waals surface area contributed by atoms with Crippen molar-refractivity contribution < 1.29 is 0 Å². The van der Waals surface area contributed by atoms with E-state index in [4.69, 9.17) is 0 Å². The van der Waals surface area contributed by atoms with Gasteiger partial charge in [0.2, 0.25) is 0 Å². The van der Waals surface area contributed by atoms with Crippen LogP contribution in [0, 0.1) is 13.0 Å². The number of unbranched alkanes of at least 4 members (excludes halogenated alkanes) is 3. The standard InChI is InChI=1S/C6H5.C6H13.BrH.Mg/c1-2-4-6-5-3-1;1-3-5-6-4-2;;/h1-5H;1,3-6H2,2H3;1H;/q2*-1;;+2. The van der Waals surface area contributed by atoms with Crippen molar-refractivity contribution in [1.82, 2.24) is 0 Å². The Morgan fingerprint density at radius 3 is 1.79 bits per heavy atom. The maximum absolute atomic E-state index is 3.72. The second kappa shape index (κ2) is 19.1. The molecule has 0 spiro atoms. The molecule has 1 rings (SSSR count). The molecule has 0 aliphatic carbocycles. The maximum Gasteiger partial charge on any atom is 2.00 e. The number of hydrogen-bond acceptors (Lipinski definition) is 0. The van der Waals surface area contributed by atoms with E-state index in [2.05, 4.69) is 19.9 Å². The van der Waals surface area contributed by atoms with Gasteiger partial charge in [-0.2, -0.15) is 42.8 Å². The van der Waals surface area contributed by atoms with Crippen LogP contribution in [0.3, 0.4) is 0 Å². The Kier molecular flexibility index (Phi) is 27.2. The van der Waals surface area contributed by atoms with Crippen LogP contribution in [0.25, 0.3) is 0 Å². The average molecular weight is 267 g/mol. The SMILES string of the molecule is Br.[CH2-]CCCCC.[Mg+2].[c-]1ccccc1. The number of benzene rings is 1. The number of rotatable bonds is 3. The molecular weight excluding hydrogens is 248 g/mol. The Labute approximate surface area is 115 Å².